The Kier molecular flexibility index (Phi) is 2.07. The summed E-state index contributed by atoms with van der Waals surface area (Å²) in [4.78, 5) is 5.75. The minimum Gasteiger partial charge on any atom is -0.487 e. The predicted molar refractivity (Wildman–Crippen MR) is 79.3 cm³/mol. The molecule has 0 radical (unpaired) electrons. The third-order valence-corrected chi connectivity index (χ3v) is 3.95. The van der Waals surface area contributed by atoms with Crippen LogP contribution in [0.2, 0.25) is 0 Å². The van der Waals surface area contributed by atoms with E-state index in [0.29, 0.717) is 0 Å². The van der Waals surface area contributed by atoms with Crippen molar-refractivity contribution < 1.29 is 4.74 Å². The zero-order valence-electron chi connectivity index (χ0n) is 11.2. The van der Waals surface area contributed by atoms with Crippen molar-refractivity contribution in [2.75, 3.05) is 25.1 Å². The molecule has 0 unspecified atom stereocenters. The van der Waals surface area contributed by atoms with E-state index >= 15 is 0 Å². The molecule has 3 aromatic rings. The molecule has 0 amide bonds. The average molecular weight is 252 g/mol. The van der Waals surface area contributed by atoms with Gasteiger partial charge < -0.3 is 14.6 Å². The molecule has 1 aromatic heterocycles. The molecule has 19 heavy (non-hydrogen) atoms. The first-order valence-corrected chi connectivity index (χ1v) is 6.63. The summed E-state index contributed by atoms with van der Waals surface area (Å²) in [6.45, 7) is 3.82. The van der Waals surface area contributed by atoms with Crippen LogP contribution in [0.25, 0.3) is 21.8 Å². The maximum absolute atomic E-state index is 5.89. The van der Waals surface area contributed by atoms with E-state index in [0.717, 1.165) is 24.4 Å². The monoisotopic (exact) mass is 252 g/mol. The lowest BCUT2D eigenvalue weighted by Crippen LogP contribution is -2.28. The summed E-state index contributed by atoms with van der Waals surface area (Å²) in [5.74, 6) is 0.986. The van der Waals surface area contributed by atoms with Gasteiger partial charge in [0.2, 0.25) is 0 Å². The van der Waals surface area contributed by atoms with Crippen LogP contribution in [0.5, 0.6) is 5.75 Å². The van der Waals surface area contributed by atoms with E-state index in [1.54, 1.807) is 0 Å². The van der Waals surface area contributed by atoms with Crippen LogP contribution < -0.4 is 9.64 Å². The fourth-order valence-corrected chi connectivity index (χ4v) is 2.90. The Morgan fingerprint density at radius 1 is 1.16 bits per heavy atom. The Balaban J connectivity index is 2.12. The van der Waals surface area contributed by atoms with Gasteiger partial charge in [-0.2, -0.15) is 0 Å². The minimum absolute atomic E-state index is 0.747. The Morgan fingerprint density at radius 2 is 2.05 bits per heavy atom. The van der Waals surface area contributed by atoms with Gasteiger partial charge in [0.15, 0.2) is 5.75 Å². The van der Waals surface area contributed by atoms with E-state index in [-0.39, 0.29) is 0 Å². The molecular formula is C16H16N2O. The molecule has 1 aliphatic heterocycles. The van der Waals surface area contributed by atoms with Gasteiger partial charge in [-0.15, -0.1) is 0 Å². The number of benzene rings is 2. The van der Waals surface area contributed by atoms with Gasteiger partial charge in [0.1, 0.15) is 6.61 Å². The van der Waals surface area contributed by atoms with Crippen LogP contribution in [-0.4, -0.2) is 25.2 Å². The number of anilines is 1. The highest BCUT2D eigenvalue weighted by Gasteiger charge is 2.19. The Hall–Kier alpha value is -2.16. The summed E-state index contributed by atoms with van der Waals surface area (Å²) >= 11 is 0. The molecule has 1 N–H and O–H groups in total. The summed E-state index contributed by atoms with van der Waals surface area (Å²) in [6, 6.07) is 10.9. The van der Waals surface area contributed by atoms with Crippen LogP contribution in [-0.2, 0) is 0 Å². The first-order chi connectivity index (χ1) is 9.24. The molecule has 3 nitrogen and oxygen atoms in total. The molecule has 4 rings (SSSR count). The maximum atomic E-state index is 5.89. The standard InChI is InChI=1S/C16H16N2O/c1-10-3-5-13-12(9-10)11-4-6-14-16(15(11)17-13)19-8-7-18(14)2/h3-6,9,17H,7-8H2,1-2H3. The van der Waals surface area contributed by atoms with Gasteiger partial charge in [0.05, 0.1) is 17.7 Å². The third kappa shape index (κ3) is 1.44. The summed E-state index contributed by atoms with van der Waals surface area (Å²) in [7, 11) is 2.11. The first kappa shape index (κ1) is 10.7. The van der Waals surface area contributed by atoms with Crippen molar-refractivity contribution in [1.82, 2.24) is 4.98 Å². The quantitative estimate of drug-likeness (QED) is 0.663. The molecule has 0 saturated carbocycles. The number of nitrogens with one attached hydrogen (secondary N) is 1. The average Bonchev–Trinajstić information content (AvgIpc) is 2.77. The zero-order chi connectivity index (χ0) is 13.0. The number of hydrogen-bond acceptors (Lipinski definition) is 2. The normalized spacial score (nSPS) is 14.7. The first-order valence-electron chi connectivity index (χ1n) is 6.63. The molecule has 3 heteroatoms. The fraction of sp³-hybridized carbons (Fsp3) is 0.250. The van der Waals surface area contributed by atoms with Crippen molar-refractivity contribution in [3.8, 4) is 5.75 Å². The second-order valence-electron chi connectivity index (χ2n) is 5.28. The third-order valence-electron chi connectivity index (χ3n) is 3.95. The van der Waals surface area contributed by atoms with E-state index in [4.69, 9.17) is 4.74 Å². The Labute approximate surface area is 111 Å². The lowest BCUT2D eigenvalue weighted by atomic mass is 10.1. The van der Waals surface area contributed by atoms with Crippen LogP contribution in [0.3, 0.4) is 0 Å². The van der Waals surface area contributed by atoms with Gasteiger partial charge in [-0.05, 0) is 31.2 Å². The van der Waals surface area contributed by atoms with E-state index in [1.165, 1.54) is 27.5 Å². The predicted octanol–water partition coefficient (Wildman–Crippen LogP) is 3.46. The van der Waals surface area contributed by atoms with Crippen molar-refractivity contribution in [3.63, 3.8) is 0 Å². The van der Waals surface area contributed by atoms with E-state index in [2.05, 4.69) is 54.2 Å². The molecule has 0 saturated heterocycles. The van der Waals surface area contributed by atoms with Crippen molar-refractivity contribution in [1.29, 1.82) is 0 Å². The number of aromatic amines is 1. The minimum atomic E-state index is 0.747. The summed E-state index contributed by atoms with van der Waals surface area (Å²) in [5.41, 5.74) is 4.74. The number of aromatic nitrogens is 1. The molecule has 2 heterocycles. The van der Waals surface area contributed by atoms with Crippen LogP contribution in [0.15, 0.2) is 30.3 Å². The van der Waals surface area contributed by atoms with Gasteiger partial charge in [-0.25, -0.2) is 0 Å². The number of aryl methyl sites for hydroxylation is 1. The Morgan fingerprint density at radius 3 is 2.95 bits per heavy atom. The lowest BCUT2D eigenvalue weighted by Gasteiger charge is -2.27. The van der Waals surface area contributed by atoms with Gasteiger partial charge in [0, 0.05) is 23.3 Å². The van der Waals surface area contributed by atoms with E-state index in [1.807, 2.05) is 0 Å². The molecule has 0 fully saturated rings. The molecule has 2 aromatic carbocycles. The number of rotatable bonds is 0. The molecule has 96 valence electrons. The summed E-state index contributed by atoms with van der Waals surface area (Å²) in [6.07, 6.45) is 0. The number of fused-ring (bicyclic) bond motifs is 5. The van der Waals surface area contributed by atoms with Crippen molar-refractivity contribution in [2.45, 2.75) is 6.92 Å². The molecular weight excluding hydrogens is 236 g/mol. The van der Waals surface area contributed by atoms with Gasteiger partial charge in [-0.1, -0.05) is 11.6 Å². The summed E-state index contributed by atoms with van der Waals surface area (Å²) in [5, 5.41) is 2.52. The Bertz CT molecular complexity index is 788. The number of H-pyrrole nitrogens is 1. The molecule has 0 atom stereocenters. The van der Waals surface area contributed by atoms with Crippen LogP contribution >= 0.6 is 0 Å². The maximum Gasteiger partial charge on any atom is 0.166 e. The molecule has 0 spiro atoms. The van der Waals surface area contributed by atoms with E-state index in [9.17, 15) is 0 Å². The zero-order valence-corrected chi connectivity index (χ0v) is 11.2. The highest BCUT2D eigenvalue weighted by molar-refractivity contribution is 6.11. The SMILES string of the molecule is Cc1ccc2[nH]c3c4c(ccc3c2c1)N(C)CCO4. The lowest BCUT2D eigenvalue weighted by molar-refractivity contribution is 0.314. The van der Waals surface area contributed by atoms with Crippen LogP contribution in [0.1, 0.15) is 5.56 Å². The molecule has 0 bridgehead atoms. The largest absolute Gasteiger partial charge is 0.487 e. The van der Waals surface area contributed by atoms with Gasteiger partial charge in [0.25, 0.3) is 0 Å². The molecule has 1 aliphatic rings. The second kappa shape index (κ2) is 3.67. The summed E-state index contributed by atoms with van der Waals surface area (Å²) < 4.78 is 5.89. The van der Waals surface area contributed by atoms with Crippen LogP contribution in [0.4, 0.5) is 5.69 Å². The van der Waals surface area contributed by atoms with Gasteiger partial charge >= 0.3 is 0 Å². The topological polar surface area (TPSA) is 28.3 Å². The number of likely N-dealkylation sites (N-methyl/N-ethyl adjacent to an activating group) is 1. The van der Waals surface area contributed by atoms with Gasteiger partial charge in [-0.3, -0.25) is 0 Å². The highest BCUT2D eigenvalue weighted by Crippen LogP contribution is 2.40. The number of hydrogen-bond donors (Lipinski definition) is 1. The smallest absolute Gasteiger partial charge is 0.166 e. The van der Waals surface area contributed by atoms with Crippen LogP contribution in [0, 0.1) is 6.92 Å². The van der Waals surface area contributed by atoms with Crippen molar-refractivity contribution in [3.05, 3.63) is 35.9 Å². The van der Waals surface area contributed by atoms with E-state index < -0.39 is 0 Å². The van der Waals surface area contributed by atoms with Crippen molar-refractivity contribution >= 4 is 27.5 Å². The number of ether oxygens (including phenoxy) is 1. The molecule has 0 aliphatic carbocycles. The van der Waals surface area contributed by atoms with Crippen molar-refractivity contribution in [2.24, 2.45) is 0 Å². The second-order valence-corrected chi connectivity index (χ2v) is 5.28. The fourth-order valence-electron chi connectivity index (χ4n) is 2.90. The highest BCUT2D eigenvalue weighted by atomic mass is 16.5. The number of nitrogens with zero attached hydrogens (tertiary/aromatic N) is 1.